The zero-order valence-electron chi connectivity index (χ0n) is 15.9. The van der Waals surface area contributed by atoms with Gasteiger partial charge in [0.1, 0.15) is 5.75 Å². The number of carbonyl (C=O) groups excluding carboxylic acids is 1. The van der Waals surface area contributed by atoms with E-state index >= 15 is 0 Å². The van der Waals surface area contributed by atoms with Crippen LogP contribution in [0.25, 0.3) is 0 Å². The van der Waals surface area contributed by atoms with Gasteiger partial charge >= 0.3 is 0 Å². The number of hydrogen-bond donors (Lipinski definition) is 1. The number of hydrogen-bond acceptors (Lipinski definition) is 7. The molecule has 0 fully saturated rings. The molecule has 1 atom stereocenters. The highest BCUT2D eigenvalue weighted by atomic mass is 16.7. The summed E-state index contributed by atoms with van der Waals surface area (Å²) >= 11 is 0. The highest BCUT2D eigenvalue weighted by Crippen LogP contribution is 2.35. The van der Waals surface area contributed by atoms with Crippen molar-refractivity contribution in [2.45, 2.75) is 19.1 Å². The van der Waals surface area contributed by atoms with Crippen molar-refractivity contribution in [2.24, 2.45) is 4.99 Å². The molecule has 1 unspecified atom stereocenters. The summed E-state index contributed by atoms with van der Waals surface area (Å²) in [5.74, 6) is 2.45. The smallest absolute Gasteiger partial charge is 0.231 e. The Kier molecular flexibility index (Phi) is 4.56. The fourth-order valence-electron chi connectivity index (χ4n) is 3.21. The molecular weight excluding hydrogens is 362 g/mol. The first-order valence-electron chi connectivity index (χ1n) is 8.82. The largest absolute Gasteiger partial charge is 0.497 e. The Morgan fingerprint density at radius 1 is 1.25 bits per heavy atom. The molecule has 2 aliphatic heterocycles. The van der Waals surface area contributed by atoms with Gasteiger partial charge in [-0.1, -0.05) is 6.07 Å². The zero-order chi connectivity index (χ0) is 19.7. The van der Waals surface area contributed by atoms with Crippen molar-refractivity contribution in [1.29, 1.82) is 0 Å². The SMILES string of the molecule is COc1cccc(NC(=O)CC2(C)N=C(c3ccc4c(c3)OCO4)N(C)O2)c1. The van der Waals surface area contributed by atoms with E-state index in [2.05, 4.69) is 10.3 Å². The van der Waals surface area contributed by atoms with Crippen LogP contribution in [0.4, 0.5) is 5.69 Å². The molecular formula is C20H21N3O5. The van der Waals surface area contributed by atoms with Crippen LogP contribution in [0, 0.1) is 0 Å². The van der Waals surface area contributed by atoms with Crippen LogP contribution in [-0.4, -0.2) is 43.5 Å². The van der Waals surface area contributed by atoms with Gasteiger partial charge in [-0.3, -0.25) is 4.79 Å². The zero-order valence-corrected chi connectivity index (χ0v) is 15.9. The first kappa shape index (κ1) is 18.1. The molecule has 2 aromatic carbocycles. The van der Waals surface area contributed by atoms with E-state index in [0.717, 1.165) is 5.56 Å². The number of amides is 1. The number of nitrogens with zero attached hydrogens (tertiary/aromatic N) is 2. The number of amidine groups is 1. The summed E-state index contributed by atoms with van der Waals surface area (Å²) in [6.45, 7) is 1.98. The van der Waals surface area contributed by atoms with Crippen LogP contribution in [0.2, 0.25) is 0 Å². The standard InChI is InChI=1S/C20H21N3O5/c1-20(11-18(24)21-14-5-4-6-15(10-14)25-3)22-19(23(2)28-20)13-7-8-16-17(9-13)27-12-26-16/h4-10H,11-12H2,1-3H3,(H,21,24). The molecule has 0 aliphatic carbocycles. The van der Waals surface area contributed by atoms with Gasteiger partial charge in [-0.2, -0.15) is 0 Å². The van der Waals surface area contributed by atoms with E-state index in [1.807, 2.05) is 30.3 Å². The lowest BCUT2D eigenvalue weighted by atomic mass is 10.1. The third-order valence-electron chi connectivity index (χ3n) is 4.45. The minimum atomic E-state index is -1.01. The van der Waals surface area contributed by atoms with Gasteiger partial charge in [0, 0.05) is 24.4 Å². The molecule has 2 heterocycles. The van der Waals surface area contributed by atoms with E-state index in [9.17, 15) is 4.79 Å². The van der Waals surface area contributed by atoms with Crippen molar-refractivity contribution >= 4 is 17.4 Å². The summed E-state index contributed by atoms with van der Waals surface area (Å²) in [5.41, 5.74) is 0.464. The van der Waals surface area contributed by atoms with Gasteiger partial charge in [0.15, 0.2) is 23.1 Å². The Labute approximate surface area is 162 Å². The van der Waals surface area contributed by atoms with Gasteiger partial charge < -0.3 is 19.5 Å². The molecule has 2 aromatic rings. The fraction of sp³-hybridized carbons (Fsp3) is 0.300. The Balaban J connectivity index is 1.49. The lowest BCUT2D eigenvalue weighted by Crippen LogP contribution is -2.32. The summed E-state index contributed by atoms with van der Waals surface area (Å²) in [5, 5.41) is 4.41. The van der Waals surface area contributed by atoms with E-state index in [0.29, 0.717) is 28.8 Å². The lowest BCUT2D eigenvalue weighted by molar-refractivity contribution is -0.164. The maximum Gasteiger partial charge on any atom is 0.231 e. The monoisotopic (exact) mass is 383 g/mol. The molecule has 0 aromatic heterocycles. The number of aliphatic imine (C=N–C) groups is 1. The molecule has 8 heteroatoms. The van der Waals surface area contributed by atoms with Crippen molar-refractivity contribution in [3.63, 3.8) is 0 Å². The minimum absolute atomic E-state index is 0.0581. The number of carbonyl (C=O) groups is 1. The Morgan fingerprint density at radius 3 is 2.89 bits per heavy atom. The highest BCUT2D eigenvalue weighted by molar-refractivity contribution is 6.00. The number of methoxy groups -OCH3 is 1. The topological polar surface area (TPSA) is 81.6 Å². The van der Waals surface area contributed by atoms with E-state index < -0.39 is 5.72 Å². The summed E-state index contributed by atoms with van der Waals surface area (Å²) < 4.78 is 15.9. The summed E-state index contributed by atoms with van der Waals surface area (Å²) in [4.78, 5) is 23.0. The number of rotatable bonds is 5. The summed E-state index contributed by atoms with van der Waals surface area (Å²) in [6, 6.07) is 12.7. The number of hydroxylamine groups is 2. The van der Waals surface area contributed by atoms with Gasteiger partial charge in [-0.15, -0.1) is 0 Å². The predicted molar refractivity (Wildman–Crippen MR) is 103 cm³/mol. The quantitative estimate of drug-likeness (QED) is 0.855. The maximum atomic E-state index is 12.5. The van der Waals surface area contributed by atoms with Crippen molar-refractivity contribution in [3.8, 4) is 17.2 Å². The maximum absolute atomic E-state index is 12.5. The van der Waals surface area contributed by atoms with Crippen molar-refractivity contribution < 1.29 is 23.8 Å². The molecule has 146 valence electrons. The highest BCUT2D eigenvalue weighted by Gasteiger charge is 2.38. The van der Waals surface area contributed by atoms with Crippen LogP contribution in [0.5, 0.6) is 17.2 Å². The normalized spacial score (nSPS) is 20.1. The Morgan fingerprint density at radius 2 is 2.07 bits per heavy atom. The van der Waals surface area contributed by atoms with Crippen LogP contribution in [0.3, 0.4) is 0 Å². The Bertz CT molecular complexity index is 945. The molecule has 0 radical (unpaired) electrons. The minimum Gasteiger partial charge on any atom is -0.497 e. The molecule has 8 nitrogen and oxygen atoms in total. The second kappa shape index (κ2) is 7.05. The van der Waals surface area contributed by atoms with Crippen LogP contribution in [0.15, 0.2) is 47.5 Å². The second-order valence-electron chi connectivity index (χ2n) is 6.72. The molecule has 28 heavy (non-hydrogen) atoms. The first-order valence-corrected chi connectivity index (χ1v) is 8.82. The average molecular weight is 383 g/mol. The van der Waals surface area contributed by atoms with Crippen LogP contribution >= 0.6 is 0 Å². The molecule has 0 spiro atoms. The van der Waals surface area contributed by atoms with Crippen molar-refractivity contribution in [2.75, 3.05) is 26.3 Å². The predicted octanol–water partition coefficient (Wildman–Crippen LogP) is 2.79. The molecule has 1 amide bonds. The lowest BCUT2D eigenvalue weighted by Gasteiger charge is -2.21. The third-order valence-corrected chi connectivity index (χ3v) is 4.45. The molecule has 0 saturated heterocycles. The number of anilines is 1. The van der Waals surface area contributed by atoms with E-state index in [4.69, 9.17) is 19.0 Å². The van der Waals surface area contributed by atoms with Crippen molar-refractivity contribution in [3.05, 3.63) is 48.0 Å². The number of benzene rings is 2. The molecule has 1 N–H and O–H groups in total. The second-order valence-corrected chi connectivity index (χ2v) is 6.72. The number of ether oxygens (including phenoxy) is 3. The number of nitrogens with one attached hydrogen (secondary N) is 1. The van der Waals surface area contributed by atoms with E-state index in [-0.39, 0.29) is 19.1 Å². The first-order chi connectivity index (χ1) is 13.5. The van der Waals surface area contributed by atoms with Crippen molar-refractivity contribution in [1.82, 2.24) is 5.06 Å². The van der Waals surface area contributed by atoms with E-state index in [1.54, 1.807) is 38.3 Å². The van der Waals surface area contributed by atoms with Crippen LogP contribution in [-0.2, 0) is 9.63 Å². The van der Waals surface area contributed by atoms with Crippen LogP contribution < -0.4 is 19.5 Å². The molecule has 2 aliphatic rings. The van der Waals surface area contributed by atoms with Gasteiger partial charge in [0.05, 0.1) is 13.5 Å². The summed E-state index contributed by atoms with van der Waals surface area (Å²) in [7, 11) is 3.34. The Hall–Kier alpha value is -3.26. The van der Waals surface area contributed by atoms with E-state index in [1.165, 1.54) is 0 Å². The molecule has 0 bridgehead atoms. The third kappa shape index (κ3) is 3.59. The molecule has 4 rings (SSSR count). The summed E-state index contributed by atoms with van der Waals surface area (Å²) in [6.07, 6.45) is 0.0581. The fourth-order valence-corrected chi connectivity index (χ4v) is 3.21. The van der Waals surface area contributed by atoms with Gasteiger partial charge in [0.2, 0.25) is 12.7 Å². The number of fused-ring (bicyclic) bond motifs is 1. The van der Waals surface area contributed by atoms with Gasteiger partial charge in [-0.25, -0.2) is 14.9 Å². The van der Waals surface area contributed by atoms with Gasteiger partial charge in [-0.05, 0) is 37.3 Å². The average Bonchev–Trinajstić information content (AvgIpc) is 3.24. The van der Waals surface area contributed by atoms with Crippen LogP contribution in [0.1, 0.15) is 18.9 Å². The van der Waals surface area contributed by atoms with Gasteiger partial charge in [0.25, 0.3) is 0 Å². The molecule has 0 saturated carbocycles.